The number of ether oxygens (including phenoxy) is 2. The van der Waals surface area contributed by atoms with E-state index < -0.39 is 0 Å². The first-order valence-electron chi connectivity index (χ1n) is 10.5. The van der Waals surface area contributed by atoms with Gasteiger partial charge in [0.2, 0.25) is 0 Å². The molecule has 1 N–H and O–H groups in total. The first-order valence-corrected chi connectivity index (χ1v) is 10.5. The van der Waals surface area contributed by atoms with Crippen LogP contribution < -0.4 is 0 Å². The number of rotatable bonds is 6. The van der Waals surface area contributed by atoms with Gasteiger partial charge < -0.3 is 14.5 Å². The highest BCUT2D eigenvalue weighted by molar-refractivity contribution is 5.75. The highest BCUT2D eigenvalue weighted by Gasteiger charge is 2.20. The molecule has 30 heavy (non-hydrogen) atoms. The summed E-state index contributed by atoms with van der Waals surface area (Å²) in [5, 5.41) is 9.00. The van der Waals surface area contributed by atoms with Crippen molar-refractivity contribution < 1.29 is 9.47 Å². The van der Waals surface area contributed by atoms with Crippen LogP contribution >= 0.6 is 0 Å². The zero-order valence-corrected chi connectivity index (χ0v) is 17.2. The lowest BCUT2D eigenvalue weighted by molar-refractivity contribution is 0.188. The molecule has 2 aromatic heterocycles. The summed E-state index contributed by atoms with van der Waals surface area (Å²) in [6, 6.07) is 7.40. The molecule has 0 saturated heterocycles. The minimum Gasteiger partial charge on any atom is -0.496 e. The van der Waals surface area contributed by atoms with Crippen molar-refractivity contribution in [3.63, 3.8) is 0 Å². The van der Waals surface area contributed by atoms with Crippen molar-refractivity contribution in [2.75, 3.05) is 7.11 Å². The molecular weight excluding hydrogens is 376 g/mol. The molecule has 154 valence electrons. The fourth-order valence-electron chi connectivity index (χ4n) is 4.00. The van der Waals surface area contributed by atoms with Crippen molar-refractivity contribution in [2.45, 2.75) is 51.0 Å². The number of imidazole rings is 1. The monoisotopic (exact) mass is 402 g/mol. The summed E-state index contributed by atoms with van der Waals surface area (Å²) in [4.78, 5) is 12.4. The smallest absolute Gasteiger partial charge is 0.140 e. The summed E-state index contributed by atoms with van der Waals surface area (Å²) in [7, 11) is 1.67. The van der Waals surface area contributed by atoms with Crippen LogP contribution in [-0.4, -0.2) is 22.1 Å². The van der Waals surface area contributed by atoms with Gasteiger partial charge in [-0.05, 0) is 25.0 Å². The Morgan fingerprint density at radius 2 is 2.10 bits per heavy atom. The molecule has 0 spiro atoms. The van der Waals surface area contributed by atoms with Gasteiger partial charge in [-0.25, -0.2) is 9.97 Å². The summed E-state index contributed by atoms with van der Waals surface area (Å²) in [5.41, 5.74) is 3.04. The van der Waals surface area contributed by atoms with Crippen LogP contribution in [0, 0.1) is 11.3 Å². The molecule has 0 bridgehead atoms. The maximum absolute atomic E-state index is 9.00. The lowest BCUT2D eigenvalue weighted by Gasteiger charge is -2.19. The van der Waals surface area contributed by atoms with Gasteiger partial charge in [0.05, 0.1) is 24.7 Å². The Morgan fingerprint density at radius 1 is 1.23 bits per heavy atom. The molecule has 0 aromatic carbocycles. The number of H-pyrrole nitrogens is 1. The van der Waals surface area contributed by atoms with E-state index in [4.69, 9.17) is 14.7 Å². The van der Waals surface area contributed by atoms with Gasteiger partial charge in [-0.15, -0.1) is 0 Å². The first kappa shape index (κ1) is 20.0. The number of pyridine rings is 1. The second-order valence-corrected chi connectivity index (χ2v) is 7.63. The number of nitrogens with one attached hydrogen (secondary N) is 1. The number of aromatic nitrogens is 3. The summed E-state index contributed by atoms with van der Waals surface area (Å²) >= 11 is 0. The Labute approximate surface area is 177 Å². The van der Waals surface area contributed by atoms with Crippen LogP contribution in [0.25, 0.3) is 5.57 Å². The number of hydrogen-bond donors (Lipinski definition) is 1. The molecule has 6 nitrogen and oxygen atoms in total. The molecule has 0 atom stereocenters. The summed E-state index contributed by atoms with van der Waals surface area (Å²) < 4.78 is 11.6. The normalized spacial score (nSPS) is 17.3. The van der Waals surface area contributed by atoms with E-state index in [1.165, 1.54) is 32.1 Å². The van der Waals surface area contributed by atoms with Gasteiger partial charge in [0, 0.05) is 24.0 Å². The molecule has 2 aromatic rings. The lowest BCUT2D eigenvalue weighted by atomic mass is 9.89. The third-order valence-electron chi connectivity index (χ3n) is 5.59. The quantitative estimate of drug-likeness (QED) is 0.723. The van der Waals surface area contributed by atoms with Crippen molar-refractivity contribution in [3.05, 3.63) is 77.0 Å². The molecule has 0 radical (unpaired) electrons. The van der Waals surface area contributed by atoms with Crippen molar-refractivity contribution in [1.29, 1.82) is 5.26 Å². The van der Waals surface area contributed by atoms with Crippen LogP contribution in [0.15, 0.2) is 54.1 Å². The van der Waals surface area contributed by atoms with Crippen LogP contribution in [0.1, 0.15) is 67.3 Å². The van der Waals surface area contributed by atoms with Crippen molar-refractivity contribution in [2.24, 2.45) is 0 Å². The topological polar surface area (TPSA) is 83.8 Å². The molecule has 0 unspecified atom stereocenters. The van der Waals surface area contributed by atoms with Gasteiger partial charge >= 0.3 is 0 Å². The number of nitrogens with zero attached hydrogens (tertiary/aromatic N) is 3. The summed E-state index contributed by atoms with van der Waals surface area (Å²) in [5.74, 6) is 3.12. The standard InChI is InChI=1S/C24H26N4O2/c1-29-23-13-20(30-16-19-10-5-9-18(14-25)27-19)11-6-12-21(23)22-15-26-24(28-22)17-7-3-2-4-8-17/h5-6,9-10,12-13,15,17H,2-4,7-8,11,16H2,1H3,(H,26,28). The maximum atomic E-state index is 9.00. The van der Waals surface area contributed by atoms with E-state index in [1.54, 1.807) is 13.2 Å². The van der Waals surface area contributed by atoms with E-state index >= 15 is 0 Å². The Bertz CT molecular complexity index is 1020. The molecule has 2 aliphatic rings. The average molecular weight is 402 g/mol. The van der Waals surface area contributed by atoms with E-state index in [0.29, 0.717) is 24.6 Å². The average Bonchev–Trinajstić information content (AvgIpc) is 3.20. The second kappa shape index (κ2) is 9.45. The lowest BCUT2D eigenvalue weighted by Crippen LogP contribution is -2.06. The highest BCUT2D eigenvalue weighted by atomic mass is 16.5. The van der Waals surface area contributed by atoms with Crippen molar-refractivity contribution in [3.8, 4) is 6.07 Å². The third-order valence-corrected chi connectivity index (χ3v) is 5.59. The Hall–Kier alpha value is -3.33. The van der Waals surface area contributed by atoms with E-state index in [0.717, 1.165) is 34.3 Å². The highest BCUT2D eigenvalue weighted by Crippen LogP contribution is 2.33. The number of nitriles is 1. The van der Waals surface area contributed by atoms with E-state index in [-0.39, 0.29) is 0 Å². The van der Waals surface area contributed by atoms with Crippen molar-refractivity contribution in [1.82, 2.24) is 15.0 Å². The van der Waals surface area contributed by atoms with Gasteiger partial charge in [-0.1, -0.05) is 37.5 Å². The van der Waals surface area contributed by atoms with Crippen LogP contribution in [0.3, 0.4) is 0 Å². The van der Waals surface area contributed by atoms with Crippen molar-refractivity contribution >= 4 is 5.57 Å². The molecule has 4 rings (SSSR count). The predicted octanol–water partition coefficient (Wildman–Crippen LogP) is 5.14. The molecule has 1 fully saturated rings. The minimum atomic E-state index is 0.303. The Balaban J connectivity index is 1.52. The number of hydrogen-bond acceptors (Lipinski definition) is 5. The minimum absolute atomic E-state index is 0.303. The zero-order chi connectivity index (χ0) is 20.8. The van der Waals surface area contributed by atoms with Crippen LogP contribution in [0.2, 0.25) is 0 Å². The zero-order valence-electron chi connectivity index (χ0n) is 17.2. The molecule has 2 heterocycles. The first-order chi connectivity index (χ1) is 14.8. The molecule has 0 aliphatic heterocycles. The molecular formula is C24H26N4O2. The van der Waals surface area contributed by atoms with Crippen LogP contribution in [0.5, 0.6) is 0 Å². The second-order valence-electron chi connectivity index (χ2n) is 7.63. The van der Waals surface area contributed by atoms with Crippen LogP contribution in [0.4, 0.5) is 0 Å². The third kappa shape index (κ3) is 4.62. The van der Waals surface area contributed by atoms with E-state index in [2.05, 4.69) is 33.2 Å². The number of methoxy groups -OCH3 is 1. The largest absolute Gasteiger partial charge is 0.496 e. The fraction of sp³-hybridized carbons (Fsp3) is 0.375. The van der Waals surface area contributed by atoms with Crippen LogP contribution in [-0.2, 0) is 16.1 Å². The Morgan fingerprint density at radius 3 is 2.90 bits per heavy atom. The van der Waals surface area contributed by atoms with Gasteiger partial charge in [-0.3, -0.25) is 0 Å². The van der Waals surface area contributed by atoms with Gasteiger partial charge in [-0.2, -0.15) is 5.26 Å². The Kier molecular flexibility index (Phi) is 6.29. The van der Waals surface area contributed by atoms with Gasteiger partial charge in [0.15, 0.2) is 0 Å². The van der Waals surface area contributed by atoms with E-state index in [9.17, 15) is 0 Å². The van der Waals surface area contributed by atoms with E-state index in [1.807, 2.05) is 24.4 Å². The molecule has 0 amide bonds. The molecule has 1 saturated carbocycles. The SMILES string of the molecule is COC1=C(c2cnc(C3CCCCC3)[nH]2)C=CCC(OCc2cccc(C#N)n2)=C1. The summed E-state index contributed by atoms with van der Waals surface area (Å²) in [6.07, 6.45) is 14.9. The van der Waals surface area contributed by atoms with Gasteiger partial charge in [0.25, 0.3) is 0 Å². The molecule has 2 aliphatic carbocycles. The fourth-order valence-corrected chi connectivity index (χ4v) is 4.00. The molecule has 6 heteroatoms. The predicted molar refractivity (Wildman–Crippen MR) is 114 cm³/mol. The van der Waals surface area contributed by atoms with Gasteiger partial charge in [0.1, 0.15) is 35.7 Å². The summed E-state index contributed by atoms with van der Waals surface area (Å²) in [6.45, 7) is 0.303. The number of allylic oxidation sites excluding steroid dienone is 4. The maximum Gasteiger partial charge on any atom is 0.140 e. The number of aromatic amines is 1.